The number of carbonyl (C=O) groups is 2. The van der Waals surface area contributed by atoms with Crippen LogP contribution in [0.5, 0.6) is 5.75 Å². The van der Waals surface area contributed by atoms with Crippen molar-refractivity contribution in [1.82, 2.24) is 9.88 Å². The van der Waals surface area contributed by atoms with E-state index >= 15 is 0 Å². The van der Waals surface area contributed by atoms with Crippen molar-refractivity contribution < 1.29 is 19.4 Å². The molecule has 0 spiro atoms. The molecule has 2 heterocycles. The third kappa shape index (κ3) is 3.28. The molecule has 1 saturated heterocycles. The van der Waals surface area contributed by atoms with Gasteiger partial charge in [-0.05, 0) is 43.5 Å². The van der Waals surface area contributed by atoms with Crippen LogP contribution in [0.3, 0.4) is 0 Å². The van der Waals surface area contributed by atoms with E-state index in [2.05, 4.69) is 4.98 Å². The second kappa shape index (κ2) is 7.05. The van der Waals surface area contributed by atoms with Gasteiger partial charge in [-0.3, -0.25) is 9.78 Å². The molecule has 0 bridgehead atoms. The van der Waals surface area contributed by atoms with Gasteiger partial charge in [-0.2, -0.15) is 0 Å². The number of piperidine rings is 1. The van der Waals surface area contributed by atoms with Gasteiger partial charge in [-0.25, -0.2) is 4.79 Å². The lowest BCUT2D eigenvalue weighted by molar-refractivity contribution is -0.152. The fourth-order valence-electron chi connectivity index (χ4n) is 2.94. The molecule has 0 saturated carbocycles. The summed E-state index contributed by atoms with van der Waals surface area (Å²) in [6.45, 7) is 0.218. The Hall–Kier alpha value is -2.34. The number of aromatic nitrogens is 1. The molecule has 126 valence electrons. The molecule has 1 aromatic heterocycles. The number of carbonyl (C=O) groups excluding carboxylic acids is 1. The predicted octanol–water partition coefficient (Wildman–Crippen LogP) is 2.73. The normalized spacial score (nSPS) is 17.7. The molecule has 0 unspecified atom stereocenters. The van der Waals surface area contributed by atoms with Crippen molar-refractivity contribution in [3.63, 3.8) is 0 Å². The Balaban J connectivity index is 1.75. The topological polar surface area (TPSA) is 79.7 Å². The summed E-state index contributed by atoms with van der Waals surface area (Å²) in [5.41, 5.74) is 0.575. The number of rotatable bonds is 4. The van der Waals surface area contributed by atoms with Gasteiger partial charge in [0.25, 0.3) is 5.91 Å². The Bertz CT molecular complexity index is 780. The molecule has 1 aliphatic rings. The molecule has 2 aromatic rings. The van der Waals surface area contributed by atoms with E-state index in [4.69, 9.17) is 16.3 Å². The quantitative estimate of drug-likeness (QED) is 0.919. The smallest absolute Gasteiger partial charge is 0.326 e. The highest BCUT2D eigenvalue weighted by atomic mass is 35.5. The van der Waals surface area contributed by atoms with E-state index in [1.54, 1.807) is 24.4 Å². The molecule has 7 heteroatoms. The minimum atomic E-state index is -0.971. The summed E-state index contributed by atoms with van der Waals surface area (Å²) in [5, 5.41) is 10.6. The molecule has 1 aliphatic heterocycles. The Morgan fingerprint density at radius 3 is 2.96 bits per heavy atom. The van der Waals surface area contributed by atoms with E-state index in [1.165, 1.54) is 4.90 Å². The van der Waals surface area contributed by atoms with Crippen LogP contribution >= 0.6 is 11.6 Å². The average molecular weight is 349 g/mol. The molecular formula is C17H17ClN2O4. The van der Waals surface area contributed by atoms with Crippen LogP contribution in [0, 0.1) is 0 Å². The first-order valence-electron chi connectivity index (χ1n) is 7.76. The van der Waals surface area contributed by atoms with E-state index in [1.807, 2.05) is 6.07 Å². The van der Waals surface area contributed by atoms with Gasteiger partial charge >= 0.3 is 5.97 Å². The second-order valence-corrected chi connectivity index (χ2v) is 6.08. The number of amides is 1. The monoisotopic (exact) mass is 348 g/mol. The summed E-state index contributed by atoms with van der Waals surface area (Å²) in [7, 11) is 0. The second-order valence-electron chi connectivity index (χ2n) is 5.67. The molecule has 6 nitrogen and oxygen atoms in total. The van der Waals surface area contributed by atoms with Gasteiger partial charge in [0.1, 0.15) is 17.3 Å². The summed E-state index contributed by atoms with van der Waals surface area (Å²) < 4.78 is 5.61. The first kappa shape index (κ1) is 16.5. The number of halogens is 1. The molecule has 24 heavy (non-hydrogen) atoms. The number of carboxylic acids is 1. The number of nitrogens with zero attached hydrogens (tertiary/aromatic N) is 2. The SMILES string of the molecule is O=C(O)[C@H]1CCCCN1C(=O)COc1ccc(Cl)c2cccnc12. The lowest BCUT2D eigenvalue weighted by atomic mass is 10.0. The molecular weight excluding hydrogens is 332 g/mol. The Kier molecular flexibility index (Phi) is 4.85. The van der Waals surface area contributed by atoms with E-state index in [0.717, 1.165) is 18.2 Å². The minimum Gasteiger partial charge on any atom is -0.481 e. The number of hydrogen-bond acceptors (Lipinski definition) is 4. The highest BCUT2D eigenvalue weighted by molar-refractivity contribution is 6.35. The van der Waals surface area contributed by atoms with Crippen molar-refractivity contribution in [3.8, 4) is 5.75 Å². The van der Waals surface area contributed by atoms with Gasteiger partial charge < -0.3 is 14.7 Å². The molecule has 0 radical (unpaired) electrons. The van der Waals surface area contributed by atoms with E-state index in [9.17, 15) is 14.7 Å². The zero-order valence-corrected chi connectivity index (χ0v) is 13.7. The average Bonchev–Trinajstić information content (AvgIpc) is 2.61. The molecule has 1 amide bonds. The van der Waals surface area contributed by atoms with Crippen LogP contribution in [0.15, 0.2) is 30.5 Å². The number of fused-ring (bicyclic) bond motifs is 1. The maximum Gasteiger partial charge on any atom is 0.326 e. The maximum absolute atomic E-state index is 12.4. The van der Waals surface area contributed by atoms with Crippen LogP contribution < -0.4 is 4.74 Å². The number of aliphatic carboxylic acids is 1. The predicted molar refractivity (Wildman–Crippen MR) is 89.2 cm³/mol. The highest BCUT2D eigenvalue weighted by Gasteiger charge is 2.32. The maximum atomic E-state index is 12.4. The number of likely N-dealkylation sites (tertiary alicyclic amines) is 1. The fraction of sp³-hybridized carbons (Fsp3) is 0.353. The Labute approximate surface area is 144 Å². The van der Waals surface area contributed by atoms with Crippen LogP contribution in [-0.4, -0.2) is 46.1 Å². The number of hydrogen-bond donors (Lipinski definition) is 1. The first-order chi connectivity index (χ1) is 11.6. The number of pyridine rings is 1. The number of carboxylic acid groups (broad SMARTS) is 1. The van der Waals surface area contributed by atoms with Crippen molar-refractivity contribution >= 4 is 34.4 Å². The molecule has 0 aliphatic carbocycles. The summed E-state index contributed by atoms with van der Waals surface area (Å²) >= 11 is 6.13. The van der Waals surface area contributed by atoms with Crippen molar-refractivity contribution in [3.05, 3.63) is 35.5 Å². The highest BCUT2D eigenvalue weighted by Crippen LogP contribution is 2.29. The first-order valence-corrected chi connectivity index (χ1v) is 8.14. The Morgan fingerprint density at radius 1 is 1.33 bits per heavy atom. The van der Waals surface area contributed by atoms with Crippen LogP contribution in [-0.2, 0) is 9.59 Å². The van der Waals surface area contributed by atoms with Crippen LogP contribution in [0.2, 0.25) is 5.02 Å². The summed E-state index contributed by atoms with van der Waals surface area (Å²) in [4.78, 5) is 29.3. The summed E-state index contributed by atoms with van der Waals surface area (Å²) in [5.74, 6) is -0.852. The molecule has 1 fully saturated rings. The number of ether oxygens (including phenoxy) is 1. The van der Waals surface area contributed by atoms with Gasteiger partial charge in [0.2, 0.25) is 0 Å². The van der Waals surface area contributed by atoms with Gasteiger partial charge in [0.05, 0.1) is 5.02 Å². The van der Waals surface area contributed by atoms with Crippen molar-refractivity contribution in [2.24, 2.45) is 0 Å². The van der Waals surface area contributed by atoms with Crippen LogP contribution in [0.1, 0.15) is 19.3 Å². The van der Waals surface area contributed by atoms with Gasteiger partial charge in [0.15, 0.2) is 6.61 Å². The van der Waals surface area contributed by atoms with Gasteiger partial charge in [-0.15, -0.1) is 0 Å². The summed E-state index contributed by atoms with van der Waals surface area (Å²) in [6, 6.07) is 6.18. The summed E-state index contributed by atoms with van der Waals surface area (Å²) in [6.07, 6.45) is 3.72. The third-order valence-electron chi connectivity index (χ3n) is 4.14. The van der Waals surface area contributed by atoms with Crippen molar-refractivity contribution in [2.75, 3.05) is 13.2 Å². The van der Waals surface area contributed by atoms with E-state index < -0.39 is 12.0 Å². The van der Waals surface area contributed by atoms with Gasteiger partial charge in [-0.1, -0.05) is 11.6 Å². The zero-order valence-electron chi connectivity index (χ0n) is 12.9. The molecule has 3 rings (SSSR count). The lowest BCUT2D eigenvalue weighted by Crippen LogP contribution is -2.49. The van der Waals surface area contributed by atoms with Crippen molar-refractivity contribution in [1.29, 1.82) is 0 Å². The van der Waals surface area contributed by atoms with E-state index in [-0.39, 0.29) is 12.5 Å². The standard InChI is InChI=1S/C17H17ClN2O4/c18-12-6-7-14(16-11(12)4-3-8-19-16)24-10-15(21)20-9-2-1-5-13(20)17(22)23/h3-4,6-8,13H,1-2,5,9-10H2,(H,22,23)/t13-/m1/s1. The number of benzene rings is 1. The van der Waals surface area contributed by atoms with Gasteiger partial charge in [0, 0.05) is 18.1 Å². The van der Waals surface area contributed by atoms with Crippen LogP contribution in [0.25, 0.3) is 10.9 Å². The van der Waals surface area contributed by atoms with Crippen LogP contribution in [0.4, 0.5) is 0 Å². The molecule has 1 N–H and O–H groups in total. The minimum absolute atomic E-state index is 0.225. The van der Waals surface area contributed by atoms with E-state index in [0.29, 0.717) is 29.3 Å². The van der Waals surface area contributed by atoms with Crippen molar-refractivity contribution in [2.45, 2.75) is 25.3 Å². The Morgan fingerprint density at radius 2 is 2.17 bits per heavy atom. The third-order valence-corrected chi connectivity index (χ3v) is 4.47. The zero-order chi connectivity index (χ0) is 17.1. The lowest BCUT2D eigenvalue weighted by Gasteiger charge is -2.32. The molecule has 1 aromatic carbocycles. The molecule has 1 atom stereocenters. The largest absolute Gasteiger partial charge is 0.481 e. The fourth-order valence-corrected chi connectivity index (χ4v) is 3.15.